The van der Waals surface area contributed by atoms with Gasteiger partial charge in [0.2, 0.25) is 0 Å². The minimum absolute atomic E-state index is 0.187. The number of rotatable bonds is 1. The Morgan fingerprint density at radius 2 is 2.31 bits per heavy atom. The van der Waals surface area contributed by atoms with Gasteiger partial charge in [-0.05, 0) is 31.4 Å². The van der Waals surface area contributed by atoms with Gasteiger partial charge in [-0.2, -0.15) is 0 Å². The number of carbonyl (C=O) groups is 1. The fraction of sp³-hybridized carbons (Fsp3) is 0.417. The third kappa shape index (κ3) is 2.10. The molecule has 1 unspecified atom stereocenters. The van der Waals surface area contributed by atoms with Gasteiger partial charge < -0.3 is 16.0 Å². The van der Waals surface area contributed by atoms with Gasteiger partial charge in [-0.15, -0.1) is 0 Å². The van der Waals surface area contributed by atoms with E-state index in [4.69, 9.17) is 0 Å². The summed E-state index contributed by atoms with van der Waals surface area (Å²) >= 11 is 0. The molecule has 0 spiro atoms. The molecule has 1 aromatic carbocycles. The largest absolute Gasteiger partial charge is 0.381 e. The van der Waals surface area contributed by atoms with Crippen molar-refractivity contribution in [2.24, 2.45) is 0 Å². The van der Waals surface area contributed by atoms with Crippen LogP contribution in [0, 0.1) is 0 Å². The average Bonchev–Trinajstić information content (AvgIpc) is 2.29. The van der Waals surface area contributed by atoms with Gasteiger partial charge in [-0.1, -0.05) is 12.1 Å². The third-order valence-corrected chi connectivity index (χ3v) is 2.86. The van der Waals surface area contributed by atoms with E-state index in [0.717, 1.165) is 24.2 Å². The van der Waals surface area contributed by atoms with Crippen LogP contribution in [-0.4, -0.2) is 19.1 Å². The normalized spacial score (nSPS) is 18.2. The van der Waals surface area contributed by atoms with Crippen molar-refractivity contribution in [1.29, 1.82) is 0 Å². The highest BCUT2D eigenvalue weighted by molar-refractivity contribution is 5.93. The molecule has 4 nitrogen and oxygen atoms in total. The van der Waals surface area contributed by atoms with Crippen molar-refractivity contribution in [2.75, 3.05) is 17.7 Å². The average molecular weight is 219 g/mol. The third-order valence-electron chi connectivity index (χ3n) is 2.86. The molecular formula is C12H17N3O. The molecule has 16 heavy (non-hydrogen) atoms. The van der Waals surface area contributed by atoms with E-state index < -0.39 is 0 Å². The van der Waals surface area contributed by atoms with Crippen LogP contribution in [-0.2, 0) is 6.42 Å². The number of carbonyl (C=O) groups excluding carboxylic acids is 1. The van der Waals surface area contributed by atoms with Crippen molar-refractivity contribution < 1.29 is 4.79 Å². The molecule has 3 N–H and O–H groups in total. The maximum atomic E-state index is 11.3. The molecule has 1 aromatic rings. The molecule has 0 fully saturated rings. The van der Waals surface area contributed by atoms with Crippen LogP contribution in [0.15, 0.2) is 18.2 Å². The summed E-state index contributed by atoms with van der Waals surface area (Å²) in [4.78, 5) is 11.3. The molecule has 0 bridgehead atoms. The Morgan fingerprint density at radius 3 is 3.06 bits per heavy atom. The monoisotopic (exact) mass is 219 g/mol. The summed E-state index contributed by atoms with van der Waals surface area (Å²) in [5.41, 5.74) is 3.18. The Kier molecular flexibility index (Phi) is 2.99. The zero-order chi connectivity index (χ0) is 11.5. The fourth-order valence-electron chi connectivity index (χ4n) is 1.96. The lowest BCUT2D eigenvalue weighted by Crippen LogP contribution is -2.27. The summed E-state index contributed by atoms with van der Waals surface area (Å²) in [6.07, 6.45) is 2.20. The molecule has 1 aliphatic rings. The second-order valence-corrected chi connectivity index (χ2v) is 4.13. The topological polar surface area (TPSA) is 53.2 Å². The molecule has 1 heterocycles. The van der Waals surface area contributed by atoms with Crippen LogP contribution in [0.1, 0.15) is 18.9 Å². The molecule has 1 atom stereocenters. The van der Waals surface area contributed by atoms with Crippen LogP contribution in [0.4, 0.5) is 16.2 Å². The summed E-state index contributed by atoms with van der Waals surface area (Å²) in [7, 11) is 1.61. The first-order valence-corrected chi connectivity index (χ1v) is 5.58. The minimum atomic E-state index is -0.187. The number of benzene rings is 1. The highest BCUT2D eigenvalue weighted by Crippen LogP contribution is 2.31. The molecule has 86 valence electrons. The van der Waals surface area contributed by atoms with E-state index >= 15 is 0 Å². The van der Waals surface area contributed by atoms with Crippen molar-refractivity contribution >= 4 is 17.4 Å². The van der Waals surface area contributed by atoms with Gasteiger partial charge in [0.15, 0.2) is 0 Å². The molecule has 0 aliphatic carbocycles. The molecular weight excluding hydrogens is 202 g/mol. The van der Waals surface area contributed by atoms with Crippen LogP contribution in [0.2, 0.25) is 0 Å². The van der Waals surface area contributed by atoms with E-state index in [0.29, 0.717) is 6.04 Å². The number of nitrogens with one attached hydrogen (secondary N) is 3. The number of anilines is 2. The first-order valence-electron chi connectivity index (χ1n) is 5.58. The molecule has 0 aromatic heterocycles. The lowest BCUT2D eigenvalue weighted by Gasteiger charge is -2.26. The highest BCUT2D eigenvalue weighted by Gasteiger charge is 2.17. The molecule has 0 radical (unpaired) electrons. The predicted molar refractivity (Wildman–Crippen MR) is 65.9 cm³/mol. The quantitative estimate of drug-likeness (QED) is 0.678. The Labute approximate surface area is 95.4 Å². The van der Waals surface area contributed by atoms with E-state index in [1.807, 2.05) is 12.1 Å². The number of urea groups is 1. The fourth-order valence-corrected chi connectivity index (χ4v) is 1.96. The first kappa shape index (κ1) is 10.8. The Bertz CT molecular complexity index is 403. The Balaban J connectivity index is 2.28. The summed E-state index contributed by atoms with van der Waals surface area (Å²) in [6, 6.07) is 6.26. The van der Waals surface area contributed by atoms with Crippen molar-refractivity contribution in [3.63, 3.8) is 0 Å². The molecule has 4 heteroatoms. The van der Waals surface area contributed by atoms with Crippen molar-refractivity contribution in [1.82, 2.24) is 5.32 Å². The number of amides is 2. The van der Waals surface area contributed by atoms with Crippen LogP contribution < -0.4 is 16.0 Å². The molecule has 1 aliphatic heterocycles. The molecule has 2 rings (SSSR count). The maximum Gasteiger partial charge on any atom is 0.319 e. The van der Waals surface area contributed by atoms with Crippen LogP contribution >= 0.6 is 0 Å². The van der Waals surface area contributed by atoms with Crippen molar-refractivity contribution in [3.8, 4) is 0 Å². The van der Waals surface area contributed by atoms with E-state index in [9.17, 15) is 4.79 Å². The van der Waals surface area contributed by atoms with E-state index in [1.54, 1.807) is 7.05 Å². The predicted octanol–water partition coefficient (Wildman–Crippen LogP) is 2.18. The minimum Gasteiger partial charge on any atom is -0.381 e. The Morgan fingerprint density at radius 1 is 1.50 bits per heavy atom. The standard InChI is InChI=1S/C12H17N3O/c1-8-6-7-9-4-3-5-10(11(9)14-8)15-12(16)13-2/h3-5,8,14H,6-7H2,1-2H3,(H2,13,15,16). The SMILES string of the molecule is CNC(=O)Nc1cccc2c1NC(C)CC2. The first-order chi connectivity index (χ1) is 7.70. The van der Waals surface area contributed by atoms with Gasteiger partial charge in [0.25, 0.3) is 0 Å². The van der Waals surface area contributed by atoms with Crippen LogP contribution in [0.5, 0.6) is 0 Å². The van der Waals surface area contributed by atoms with Gasteiger partial charge >= 0.3 is 6.03 Å². The zero-order valence-electron chi connectivity index (χ0n) is 9.63. The molecule has 2 amide bonds. The maximum absolute atomic E-state index is 11.3. The second kappa shape index (κ2) is 4.43. The number of aryl methyl sites for hydroxylation is 1. The van der Waals surface area contributed by atoms with E-state index in [1.165, 1.54) is 5.56 Å². The highest BCUT2D eigenvalue weighted by atomic mass is 16.2. The summed E-state index contributed by atoms with van der Waals surface area (Å²) in [5.74, 6) is 0. The summed E-state index contributed by atoms with van der Waals surface area (Å²) in [5, 5.41) is 8.80. The van der Waals surface area contributed by atoms with Gasteiger partial charge in [-0.25, -0.2) is 4.79 Å². The van der Waals surface area contributed by atoms with Crippen LogP contribution in [0.25, 0.3) is 0 Å². The molecule has 0 saturated heterocycles. The summed E-state index contributed by atoms with van der Waals surface area (Å²) in [6.45, 7) is 2.15. The van der Waals surface area contributed by atoms with Crippen molar-refractivity contribution in [2.45, 2.75) is 25.8 Å². The van der Waals surface area contributed by atoms with Gasteiger partial charge in [0.1, 0.15) is 0 Å². The van der Waals surface area contributed by atoms with Crippen LogP contribution in [0.3, 0.4) is 0 Å². The lowest BCUT2D eigenvalue weighted by molar-refractivity contribution is 0.254. The van der Waals surface area contributed by atoms with Gasteiger partial charge in [0, 0.05) is 13.1 Å². The van der Waals surface area contributed by atoms with E-state index in [-0.39, 0.29) is 6.03 Å². The van der Waals surface area contributed by atoms with Gasteiger partial charge in [-0.3, -0.25) is 0 Å². The zero-order valence-corrected chi connectivity index (χ0v) is 9.63. The van der Waals surface area contributed by atoms with E-state index in [2.05, 4.69) is 28.9 Å². The molecule has 0 saturated carbocycles. The number of fused-ring (bicyclic) bond motifs is 1. The van der Waals surface area contributed by atoms with Crippen molar-refractivity contribution in [3.05, 3.63) is 23.8 Å². The number of para-hydroxylation sites is 1. The Hall–Kier alpha value is -1.71. The number of hydrogen-bond acceptors (Lipinski definition) is 2. The lowest BCUT2D eigenvalue weighted by atomic mass is 9.98. The summed E-state index contributed by atoms with van der Waals surface area (Å²) < 4.78 is 0. The second-order valence-electron chi connectivity index (χ2n) is 4.13. The number of hydrogen-bond donors (Lipinski definition) is 3. The smallest absolute Gasteiger partial charge is 0.319 e. The van der Waals surface area contributed by atoms with Gasteiger partial charge in [0.05, 0.1) is 11.4 Å².